The fourth-order valence-electron chi connectivity index (χ4n) is 4.07. The second kappa shape index (κ2) is 7.23. The molecule has 2 aliphatic rings. The van der Waals surface area contributed by atoms with E-state index >= 15 is 0 Å². The van der Waals surface area contributed by atoms with E-state index in [4.69, 9.17) is 5.73 Å². The first-order valence-electron chi connectivity index (χ1n) is 8.68. The van der Waals surface area contributed by atoms with Gasteiger partial charge in [-0.2, -0.15) is 0 Å². The molecule has 4 heteroatoms. The molecule has 0 spiro atoms. The molecule has 1 aliphatic heterocycles. The first-order chi connectivity index (χ1) is 10.5. The maximum atomic E-state index is 13.2. The molecule has 0 unspecified atom stereocenters. The maximum absolute atomic E-state index is 13.2. The van der Waals surface area contributed by atoms with Crippen LogP contribution in [-0.2, 0) is 10.2 Å². The molecule has 2 N–H and O–H groups in total. The normalized spacial score (nSPS) is 23.1. The predicted octanol–water partition coefficient (Wildman–Crippen LogP) is 3.60. The lowest BCUT2D eigenvalue weighted by Crippen LogP contribution is -2.45. The molecule has 128 valence electrons. The van der Waals surface area contributed by atoms with Gasteiger partial charge in [0.2, 0.25) is 5.91 Å². The van der Waals surface area contributed by atoms with Crippen LogP contribution in [0.5, 0.6) is 0 Å². The van der Waals surface area contributed by atoms with Crippen LogP contribution < -0.4 is 5.73 Å². The number of amides is 1. The van der Waals surface area contributed by atoms with Crippen molar-refractivity contribution in [3.8, 4) is 0 Å². The Hall–Kier alpha value is -1.06. The number of carbonyl (C=O) groups is 1. The lowest BCUT2D eigenvalue weighted by atomic mass is 9.77. The summed E-state index contributed by atoms with van der Waals surface area (Å²) < 4.78 is 0. The second-order valence-electron chi connectivity index (χ2n) is 7.37. The molecule has 1 aromatic carbocycles. The molecule has 1 atom stereocenters. The van der Waals surface area contributed by atoms with Gasteiger partial charge in [0.05, 0.1) is 5.41 Å². The van der Waals surface area contributed by atoms with Crippen molar-refractivity contribution >= 4 is 18.3 Å². The molecule has 1 saturated carbocycles. The molecular formula is C19H29ClN2O. The van der Waals surface area contributed by atoms with Gasteiger partial charge < -0.3 is 10.6 Å². The van der Waals surface area contributed by atoms with Crippen LogP contribution in [0.3, 0.4) is 0 Å². The Labute approximate surface area is 146 Å². The van der Waals surface area contributed by atoms with E-state index in [1.807, 2.05) is 4.90 Å². The summed E-state index contributed by atoms with van der Waals surface area (Å²) >= 11 is 0. The molecule has 1 aliphatic carbocycles. The quantitative estimate of drug-likeness (QED) is 0.916. The third kappa shape index (κ3) is 3.41. The van der Waals surface area contributed by atoms with Crippen LogP contribution in [0.4, 0.5) is 0 Å². The number of nitrogens with zero attached hydrogens (tertiary/aromatic N) is 1. The van der Waals surface area contributed by atoms with Crippen LogP contribution in [-0.4, -0.2) is 29.9 Å². The van der Waals surface area contributed by atoms with Crippen molar-refractivity contribution < 1.29 is 4.79 Å². The fraction of sp³-hybridized carbons (Fsp3) is 0.632. The van der Waals surface area contributed by atoms with Gasteiger partial charge in [-0.1, -0.05) is 51.0 Å². The number of halogens is 1. The van der Waals surface area contributed by atoms with Gasteiger partial charge in [0.1, 0.15) is 0 Å². The Morgan fingerprint density at radius 3 is 2.30 bits per heavy atom. The van der Waals surface area contributed by atoms with Gasteiger partial charge in [-0.05, 0) is 36.3 Å². The third-order valence-corrected chi connectivity index (χ3v) is 5.51. The van der Waals surface area contributed by atoms with Crippen LogP contribution in [0.15, 0.2) is 24.3 Å². The largest absolute Gasteiger partial charge is 0.340 e. The van der Waals surface area contributed by atoms with E-state index in [0.717, 1.165) is 45.2 Å². The molecule has 0 aromatic heterocycles. The first-order valence-corrected chi connectivity index (χ1v) is 8.68. The number of hydrogen-bond acceptors (Lipinski definition) is 2. The van der Waals surface area contributed by atoms with E-state index in [1.165, 1.54) is 11.1 Å². The van der Waals surface area contributed by atoms with E-state index in [-0.39, 0.29) is 23.9 Å². The number of carbonyl (C=O) groups excluding carboxylic acids is 1. The first kappa shape index (κ1) is 18.3. The van der Waals surface area contributed by atoms with Gasteiger partial charge >= 0.3 is 0 Å². The summed E-state index contributed by atoms with van der Waals surface area (Å²) in [5.74, 6) is 0.844. The van der Waals surface area contributed by atoms with Crippen LogP contribution in [0.25, 0.3) is 0 Å². The fourth-order valence-corrected chi connectivity index (χ4v) is 4.07. The monoisotopic (exact) mass is 336 g/mol. The molecular weight excluding hydrogens is 308 g/mol. The van der Waals surface area contributed by atoms with Gasteiger partial charge in [0.15, 0.2) is 0 Å². The molecule has 1 aromatic rings. The van der Waals surface area contributed by atoms with E-state index in [0.29, 0.717) is 11.8 Å². The Bertz CT molecular complexity index is 535. The zero-order valence-electron chi connectivity index (χ0n) is 14.3. The second-order valence-corrected chi connectivity index (χ2v) is 7.37. The molecule has 2 fully saturated rings. The minimum atomic E-state index is -0.292. The average Bonchev–Trinajstić information content (AvgIpc) is 3.16. The third-order valence-electron chi connectivity index (χ3n) is 5.51. The highest BCUT2D eigenvalue weighted by Crippen LogP contribution is 2.43. The minimum Gasteiger partial charge on any atom is -0.340 e. The SMILES string of the molecule is CC(C)c1ccc(C2(C(=O)N3CC[C@@H](N)C3)CCCC2)cc1.Cl. The van der Waals surface area contributed by atoms with Crippen molar-refractivity contribution in [2.75, 3.05) is 13.1 Å². The highest BCUT2D eigenvalue weighted by molar-refractivity contribution is 5.89. The van der Waals surface area contributed by atoms with Crippen molar-refractivity contribution in [1.29, 1.82) is 0 Å². The number of likely N-dealkylation sites (tertiary alicyclic amines) is 1. The van der Waals surface area contributed by atoms with Crippen LogP contribution in [0, 0.1) is 0 Å². The van der Waals surface area contributed by atoms with Crippen molar-refractivity contribution in [2.45, 2.75) is 63.3 Å². The Kier molecular flexibility index (Phi) is 5.74. The number of nitrogens with two attached hydrogens (primary N) is 1. The van der Waals surface area contributed by atoms with Crippen molar-refractivity contribution in [2.24, 2.45) is 5.73 Å². The van der Waals surface area contributed by atoms with Crippen LogP contribution >= 0.6 is 12.4 Å². The van der Waals surface area contributed by atoms with Gasteiger partial charge in [0, 0.05) is 19.1 Å². The highest BCUT2D eigenvalue weighted by atomic mass is 35.5. The van der Waals surface area contributed by atoms with Gasteiger partial charge in [-0.15, -0.1) is 12.4 Å². The molecule has 3 nitrogen and oxygen atoms in total. The standard InChI is InChI=1S/C19H28N2O.ClH/c1-14(2)15-5-7-16(8-6-15)19(10-3-4-11-19)18(22)21-12-9-17(20)13-21;/h5-8,14,17H,3-4,9-13,20H2,1-2H3;1H/t17-;/m1./s1. The summed E-state index contributed by atoms with van der Waals surface area (Å²) in [6.45, 7) is 5.96. The van der Waals surface area contributed by atoms with E-state index in [9.17, 15) is 4.79 Å². The van der Waals surface area contributed by atoms with Crippen LogP contribution in [0.2, 0.25) is 0 Å². The van der Waals surface area contributed by atoms with Gasteiger partial charge in [-0.25, -0.2) is 0 Å². The minimum absolute atomic E-state index is 0. The smallest absolute Gasteiger partial charge is 0.233 e. The van der Waals surface area contributed by atoms with Crippen molar-refractivity contribution in [3.05, 3.63) is 35.4 Å². The average molecular weight is 337 g/mol. The summed E-state index contributed by atoms with van der Waals surface area (Å²) in [5.41, 5.74) is 8.26. The lowest BCUT2D eigenvalue weighted by Gasteiger charge is -2.33. The zero-order valence-corrected chi connectivity index (χ0v) is 15.1. The summed E-state index contributed by atoms with van der Waals surface area (Å²) in [7, 11) is 0. The Morgan fingerprint density at radius 1 is 1.22 bits per heavy atom. The Morgan fingerprint density at radius 2 is 1.83 bits per heavy atom. The van der Waals surface area contributed by atoms with Crippen molar-refractivity contribution in [1.82, 2.24) is 4.90 Å². The molecule has 1 amide bonds. The predicted molar refractivity (Wildman–Crippen MR) is 97.1 cm³/mol. The summed E-state index contributed by atoms with van der Waals surface area (Å²) in [6, 6.07) is 8.93. The van der Waals surface area contributed by atoms with E-state index in [2.05, 4.69) is 38.1 Å². The van der Waals surface area contributed by atoms with Crippen molar-refractivity contribution in [3.63, 3.8) is 0 Å². The summed E-state index contributed by atoms with van der Waals surface area (Å²) in [6.07, 6.45) is 5.21. The molecule has 0 radical (unpaired) electrons. The highest BCUT2D eigenvalue weighted by Gasteiger charge is 2.45. The molecule has 1 saturated heterocycles. The Balaban J connectivity index is 0.00000192. The van der Waals surface area contributed by atoms with E-state index in [1.54, 1.807) is 0 Å². The lowest BCUT2D eigenvalue weighted by molar-refractivity contribution is -0.136. The summed E-state index contributed by atoms with van der Waals surface area (Å²) in [4.78, 5) is 15.2. The van der Waals surface area contributed by atoms with Gasteiger partial charge in [0.25, 0.3) is 0 Å². The summed E-state index contributed by atoms with van der Waals surface area (Å²) in [5, 5.41) is 0. The molecule has 1 heterocycles. The number of benzene rings is 1. The number of rotatable bonds is 3. The molecule has 0 bridgehead atoms. The zero-order chi connectivity index (χ0) is 15.7. The molecule has 23 heavy (non-hydrogen) atoms. The topological polar surface area (TPSA) is 46.3 Å². The number of hydrogen-bond donors (Lipinski definition) is 1. The van der Waals surface area contributed by atoms with E-state index < -0.39 is 0 Å². The van der Waals surface area contributed by atoms with Crippen LogP contribution in [0.1, 0.15) is 63.0 Å². The van der Waals surface area contributed by atoms with Gasteiger partial charge in [-0.3, -0.25) is 4.79 Å². The maximum Gasteiger partial charge on any atom is 0.233 e. The molecule has 3 rings (SSSR count).